The molecule has 2 amide bonds. The topological polar surface area (TPSA) is 138 Å². The van der Waals surface area contributed by atoms with Crippen molar-refractivity contribution in [2.24, 2.45) is 12.8 Å². The number of thioether (sulfide) groups is 1. The normalized spacial score (nSPS) is 10.9. The summed E-state index contributed by atoms with van der Waals surface area (Å²) in [6.45, 7) is 7.35. The van der Waals surface area contributed by atoms with E-state index in [1.807, 2.05) is 24.3 Å². The lowest BCUT2D eigenvalue weighted by Crippen LogP contribution is -2.18. The van der Waals surface area contributed by atoms with Crippen LogP contribution in [0, 0.1) is 6.92 Å². The number of aromatic nitrogens is 3. The lowest BCUT2D eigenvalue weighted by molar-refractivity contribution is -0.113. The van der Waals surface area contributed by atoms with Crippen molar-refractivity contribution in [1.29, 1.82) is 0 Å². The van der Waals surface area contributed by atoms with Crippen molar-refractivity contribution < 1.29 is 23.9 Å². The van der Waals surface area contributed by atoms with E-state index >= 15 is 0 Å². The van der Waals surface area contributed by atoms with E-state index in [2.05, 4.69) is 22.4 Å². The number of nitrogens with zero attached hydrogens (tertiary/aromatic N) is 3. The molecule has 192 valence electrons. The van der Waals surface area contributed by atoms with Crippen LogP contribution in [0.5, 0.6) is 5.75 Å². The summed E-state index contributed by atoms with van der Waals surface area (Å²) in [4.78, 5) is 37.2. The minimum atomic E-state index is -0.680. The smallest absolute Gasteiger partial charge is 0.341 e. The molecule has 0 bridgehead atoms. The van der Waals surface area contributed by atoms with Gasteiger partial charge in [-0.2, -0.15) is 0 Å². The van der Waals surface area contributed by atoms with Crippen LogP contribution in [0.25, 0.3) is 0 Å². The van der Waals surface area contributed by atoms with Gasteiger partial charge >= 0.3 is 5.97 Å². The number of aryl methyl sites for hydroxylation is 1. The molecule has 0 radical (unpaired) electrons. The Bertz CT molecular complexity index is 1250. The molecule has 3 aromatic rings. The number of nitrogens with one attached hydrogen (secondary N) is 1. The molecule has 12 heteroatoms. The number of hydrogen-bond acceptors (Lipinski definition) is 9. The minimum Gasteiger partial charge on any atom is -0.486 e. The zero-order valence-electron chi connectivity index (χ0n) is 20.8. The average Bonchev–Trinajstić information content (AvgIpc) is 3.35. The maximum atomic E-state index is 12.7. The van der Waals surface area contributed by atoms with Crippen molar-refractivity contribution in [2.45, 2.75) is 52.0 Å². The molecule has 1 aromatic carbocycles. The molecule has 0 saturated heterocycles. The Morgan fingerprint density at radius 2 is 1.89 bits per heavy atom. The molecule has 2 aromatic heterocycles. The molecule has 3 N–H and O–H groups in total. The summed E-state index contributed by atoms with van der Waals surface area (Å²) < 4.78 is 12.8. The van der Waals surface area contributed by atoms with E-state index in [4.69, 9.17) is 15.2 Å². The molecular formula is C24H29N5O5S2. The number of carbonyl (C=O) groups excluding carboxylic acids is 3. The average molecular weight is 532 g/mol. The summed E-state index contributed by atoms with van der Waals surface area (Å²) in [5, 5.41) is 11.7. The highest BCUT2D eigenvalue weighted by Gasteiger charge is 2.26. The van der Waals surface area contributed by atoms with Crippen LogP contribution in [0.1, 0.15) is 57.8 Å². The molecule has 0 aliphatic rings. The van der Waals surface area contributed by atoms with Crippen LogP contribution in [0.3, 0.4) is 0 Å². The largest absolute Gasteiger partial charge is 0.486 e. The molecule has 36 heavy (non-hydrogen) atoms. The lowest BCUT2D eigenvalue weighted by Gasteiger charge is -2.10. The number of primary amides is 1. The molecule has 0 fully saturated rings. The van der Waals surface area contributed by atoms with Crippen LogP contribution < -0.4 is 15.8 Å². The number of benzene rings is 1. The summed E-state index contributed by atoms with van der Waals surface area (Å²) in [7, 11) is 1.79. The molecular weight excluding hydrogens is 502 g/mol. The Labute approximate surface area is 217 Å². The number of hydrogen-bond donors (Lipinski definition) is 2. The van der Waals surface area contributed by atoms with Crippen LogP contribution in [0.15, 0.2) is 29.4 Å². The van der Waals surface area contributed by atoms with Gasteiger partial charge in [-0.25, -0.2) is 4.79 Å². The summed E-state index contributed by atoms with van der Waals surface area (Å²) in [5.41, 5.74) is 7.17. The lowest BCUT2D eigenvalue weighted by atomic mass is 10.1. The minimum absolute atomic E-state index is 0.00678. The highest BCUT2D eigenvalue weighted by molar-refractivity contribution is 7.99. The van der Waals surface area contributed by atoms with Gasteiger partial charge in [0.25, 0.3) is 5.91 Å². The first-order chi connectivity index (χ1) is 17.1. The molecule has 2 heterocycles. The van der Waals surface area contributed by atoms with Crippen LogP contribution in [0.2, 0.25) is 0 Å². The highest BCUT2D eigenvalue weighted by Crippen LogP contribution is 2.34. The second-order valence-corrected chi connectivity index (χ2v) is 10.1. The predicted octanol–water partition coefficient (Wildman–Crippen LogP) is 3.72. The van der Waals surface area contributed by atoms with Crippen molar-refractivity contribution in [1.82, 2.24) is 14.8 Å². The fourth-order valence-corrected chi connectivity index (χ4v) is 5.01. The molecule has 0 aliphatic heterocycles. The Balaban J connectivity index is 1.63. The monoisotopic (exact) mass is 531 g/mol. The number of ether oxygens (including phenoxy) is 2. The number of esters is 1. The van der Waals surface area contributed by atoms with Crippen molar-refractivity contribution in [2.75, 3.05) is 11.1 Å². The summed E-state index contributed by atoms with van der Waals surface area (Å²) >= 11 is 2.13. The maximum Gasteiger partial charge on any atom is 0.341 e. The van der Waals surface area contributed by atoms with E-state index in [1.165, 1.54) is 17.3 Å². The van der Waals surface area contributed by atoms with Gasteiger partial charge in [-0.05, 0) is 50.5 Å². The first-order valence-corrected chi connectivity index (χ1v) is 13.1. The Kier molecular flexibility index (Phi) is 9.10. The number of nitrogens with two attached hydrogens (primary N) is 1. The van der Waals surface area contributed by atoms with Crippen molar-refractivity contribution in [3.8, 4) is 5.75 Å². The number of amides is 2. The first kappa shape index (κ1) is 27.2. The van der Waals surface area contributed by atoms with E-state index in [-0.39, 0.29) is 39.8 Å². The van der Waals surface area contributed by atoms with Gasteiger partial charge in [0.1, 0.15) is 17.4 Å². The quantitative estimate of drug-likeness (QED) is 0.282. The molecule has 0 saturated carbocycles. The van der Waals surface area contributed by atoms with Gasteiger partial charge in [0.2, 0.25) is 5.91 Å². The standard InChI is InChI=1S/C24H29N5O5S2/c1-6-15-7-9-16(10-8-15)33-11-17-27-28-24(29(17)5)35-12-18(30)26-22-19(23(32)34-13(2)3)14(4)20(36-22)21(25)31/h7-10,13H,6,11-12H2,1-5H3,(H2,25,31)(H,26,30). The summed E-state index contributed by atoms with van der Waals surface area (Å²) in [6, 6.07) is 7.86. The van der Waals surface area contributed by atoms with Gasteiger partial charge in [-0.1, -0.05) is 30.8 Å². The molecule has 3 rings (SSSR count). The first-order valence-electron chi connectivity index (χ1n) is 11.3. The van der Waals surface area contributed by atoms with E-state index in [1.54, 1.807) is 32.4 Å². The van der Waals surface area contributed by atoms with Gasteiger partial charge in [0.15, 0.2) is 11.0 Å². The van der Waals surface area contributed by atoms with Gasteiger partial charge < -0.3 is 25.1 Å². The Morgan fingerprint density at radius 3 is 2.50 bits per heavy atom. The van der Waals surface area contributed by atoms with Gasteiger partial charge in [-0.3, -0.25) is 9.59 Å². The molecule has 0 spiro atoms. The van der Waals surface area contributed by atoms with Crippen LogP contribution in [0.4, 0.5) is 5.00 Å². The van der Waals surface area contributed by atoms with Crippen molar-refractivity contribution in [3.63, 3.8) is 0 Å². The maximum absolute atomic E-state index is 12.7. The third kappa shape index (κ3) is 6.64. The van der Waals surface area contributed by atoms with Crippen LogP contribution >= 0.6 is 23.1 Å². The summed E-state index contributed by atoms with van der Waals surface area (Å²) in [5.74, 6) is -0.342. The second kappa shape index (κ2) is 12.0. The molecule has 0 aliphatic carbocycles. The zero-order valence-corrected chi connectivity index (χ0v) is 22.4. The number of anilines is 1. The predicted molar refractivity (Wildman–Crippen MR) is 139 cm³/mol. The number of thiophene rings is 1. The third-order valence-corrected chi connectivity index (χ3v) is 7.37. The fourth-order valence-electron chi connectivity index (χ4n) is 3.21. The van der Waals surface area contributed by atoms with E-state index in [0.29, 0.717) is 16.5 Å². The number of carbonyl (C=O) groups is 3. The van der Waals surface area contributed by atoms with E-state index in [0.717, 1.165) is 23.5 Å². The van der Waals surface area contributed by atoms with Crippen molar-refractivity contribution in [3.05, 3.63) is 51.7 Å². The molecule has 10 nitrogen and oxygen atoms in total. The fraction of sp³-hybridized carbons (Fsp3) is 0.375. The number of rotatable bonds is 11. The van der Waals surface area contributed by atoms with Gasteiger partial charge in [0.05, 0.1) is 22.3 Å². The second-order valence-electron chi connectivity index (χ2n) is 8.16. The highest BCUT2D eigenvalue weighted by atomic mass is 32.2. The van der Waals surface area contributed by atoms with E-state index < -0.39 is 11.9 Å². The van der Waals surface area contributed by atoms with E-state index in [9.17, 15) is 14.4 Å². The Hall–Kier alpha value is -3.38. The van der Waals surface area contributed by atoms with Crippen LogP contribution in [-0.4, -0.2) is 44.4 Å². The third-order valence-electron chi connectivity index (χ3n) is 5.13. The van der Waals surface area contributed by atoms with Gasteiger partial charge in [0, 0.05) is 7.05 Å². The SMILES string of the molecule is CCc1ccc(OCc2nnc(SCC(=O)Nc3sc(C(N)=O)c(C)c3C(=O)OC(C)C)n2C)cc1. The summed E-state index contributed by atoms with van der Waals surface area (Å²) in [6.07, 6.45) is 0.595. The molecule has 0 atom stereocenters. The zero-order chi connectivity index (χ0) is 26.4. The van der Waals surface area contributed by atoms with Gasteiger partial charge in [-0.15, -0.1) is 21.5 Å². The Morgan fingerprint density at radius 1 is 1.19 bits per heavy atom. The van der Waals surface area contributed by atoms with Crippen LogP contribution in [-0.2, 0) is 29.6 Å². The van der Waals surface area contributed by atoms with Crippen molar-refractivity contribution >= 4 is 45.9 Å². The molecule has 0 unspecified atom stereocenters.